The molecule has 2 heteroatoms. The first-order valence-electron chi connectivity index (χ1n) is 6.68. The summed E-state index contributed by atoms with van der Waals surface area (Å²) in [6.45, 7) is 7.30. The van der Waals surface area contributed by atoms with Crippen molar-refractivity contribution in [2.24, 2.45) is 0 Å². The van der Waals surface area contributed by atoms with Crippen molar-refractivity contribution in [1.29, 1.82) is 0 Å². The smallest absolute Gasteiger partial charge is 0.0402 e. The molecule has 2 nitrogen and oxygen atoms in total. The predicted molar refractivity (Wildman–Crippen MR) is 84.0 cm³/mol. The van der Waals surface area contributed by atoms with Crippen LogP contribution in [0.2, 0.25) is 0 Å². The Bertz CT molecular complexity index is 550. The van der Waals surface area contributed by atoms with E-state index in [4.69, 9.17) is 0 Å². The SMILES string of the molecule is CNc1cccc(CNc2c(C)cc(C)cc2C)c1. The molecule has 0 radical (unpaired) electrons. The predicted octanol–water partition coefficient (Wildman–Crippen LogP) is 4.27. The monoisotopic (exact) mass is 254 g/mol. The van der Waals surface area contributed by atoms with Gasteiger partial charge < -0.3 is 10.6 Å². The fraction of sp³-hybridized carbons (Fsp3) is 0.294. The minimum Gasteiger partial charge on any atom is -0.388 e. The summed E-state index contributed by atoms with van der Waals surface area (Å²) in [7, 11) is 1.95. The topological polar surface area (TPSA) is 24.1 Å². The first kappa shape index (κ1) is 13.5. The van der Waals surface area contributed by atoms with Gasteiger partial charge in [0.1, 0.15) is 0 Å². The number of hydrogen-bond donors (Lipinski definition) is 2. The average Bonchev–Trinajstić information content (AvgIpc) is 2.37. The molecule has 0 spiro atoms. The maximum Gasteiger partial charge on any atom is 0.0402 e. The molecule has 0 saturated heterocycles. The second kappa shape index (κ2) is 5.79. The third-order valence-electron chi connectivity index (χ3n) is 3.36. The van der Waals surface area contributed by atoms with Crippen LogP contribution in [0.1, 0.15) is 22.3 Å². The van der Waals surface area contributed by atoms with Crippen LogP contribution in [0.15, 0.2) is 36.4 Å². The minimum atomic E-state index is 0.847. The Labute approximate surface area is 115 Å². The van der Waals surface area contributed by atoms with E-state index in [1.807, 2.05) is 7.05 Å². The van der Waals surface area contributed by atoms with Crippen molar-refractivity contribution in [3.05, 3.63) is 58.7 Å². The van der Waals surface area contributed by atoms with Gasteiger partial charge in [-0.05, 0) is 49.6 Å². The van der Waals surface area contributed by atoms with Crippen molar-refractivity contribution in [2.45, 2.75) is 27.3 Å². The summed E-state index contributed by atoms with van der Waals surface area (Å²) < 4.78 is 0. The molecule has 100 valence electrons. The summed E-state index contributed by atoms with van der Waals surface area (Å²) >= 11 is 0. The van der Waals surface area contributed by atoms with Gasteiger partial charge in [-0.3, -0.25) is 0 Å². The molecular formula is C17H22N2. The Kier molecular flexibility index (Phi) is 4.10. The summed E-state index contributed by atoms with van der Waals surface area (Å²) in [6.07, 6.45) is 0. The molecule has 0 atom stereocenters. The minimum absolute atomic E-state index is 0.847. The van der Waals surface area contributed by atoms with Crippen LogP contribution >= 0.6 is 0 Å². The second-order valence-corrected chi connectivity index (χ2v) is 5.08. The number of benzene rings is 2. The summed E-state index contributed by atoms with van der Waals surface area (Å²) in [5.41, 5.74) is 7.62. The van der Waals surface area contributed by atoms with Gasteiger partial charge in [-0.1, -0.05) is 29.8 Å². The molecule has 0 aliphatic heterocycles. The van der Waals surface area contributed by atoms with E-state index in [2.05, 4.69) is 67.8 Å². The lowest BCUT2D eigenvalue weighted by molar-refractivity contribution is 1.12. The first-order chi connectivity index (χ1) is 9.10. The highest BCUT2D eigenvalue weighted by atomic mass is 14.9. The molecule has 2 aromatic rings. The zero-order valence-corrected chi connectivity index (χ0v) is 12.2. The molecule has 0 aliphatic rings. The summed E-state index contributed by atoms with van der Waals surface area (Å²) in [5.74, 6) is 0. The van der Waals surface area contributed by atoms with E-state index in [9.17, 15) is 0 Å². The molecular weight excluding hydrogens is 232 g/mol. The van der Waals surface area contributed by atoms with E-state index >= 15 is 0 Å². The molecule has 2 rings (SSSR count). The van der Waals surface area contributed by atoms with Crippen LogP contribution in [0.3, 0.4) is 0 Å². The van der Waals surface area contributed by atoms with Crippen LogP contribution < -0.4 is 10.6 Å². The molecule has 2 aromatic carbocycles. The molecule has 19 heavy (non-hydrogen) atoms. The van der Waals surface area contributed by atoms with Crippen LogP contribution in [-0.4, -0.2) is 7.05 Å². The lowest BCUT2D eigenvalue weighted by Gasteiger charge is -2.14. The first-order valence-corrected chi connectivity index (χ1v) is 6.68. The fourth-order valence-corrected chi connectivity index (χ4v) is 2.49. The Morgan fingerprint density at radius 3 is 2.26 bits per heavy atom. The molecule has 2 N–H and O–H groups in total. The van der Waals surface area contributed by atoms with Crippen LogP contribution in [0, 0.1) is 20.8 Å². The van der Waals surface area contributed by atoms with Gasteiger partial charge in [-0.15, -0.1) is 0 Å². The summed E-state index contributed by atoms with van der Waals surface area (Å²) in [6, 6.07) is 12.9. The van der Waals surface area contributed by atoms with Gasteiger partial charge in [0.15, 0.2) is 0 Å². The van der Waals surface area contributed by atoms with Gasteiger partial charge in [0, 0.05) is 25.0 Å². The van der Waals surface area contributed by atoms with Crippen molar-refractivity contribution in [3.63, 3.8) is 0 Å². The molecule has 0 heterocycles. The zero-order valence-electron chi connectivity index (χ0n) is 12.2. The van der Waals surface area contributed by atoms with Crippen molar-refractivity contribution >= 4 is 11.4 Å². The number of anilines is 2. The van der Waals surface area contributed by atoms with Crippen LogP contribution in [-0.2, 0) is 6.54 Å². The number of rotatable bonds is 4. The number of hydrogen-bond acceptors (Lipinski definition) is 2. The van der Waals surface area contributed by atoms with Crippen molar-refractivity contribution in [1.82, 2.24) is 0 Å². The fourth-order valence-electron chi connectivity index (χ4n) is 2.49. The van der Waals surface area contributed by atoms with Crippen molar-refractivity contribution in [3.8, 4) is 0 Å². The lowest BCUT2D eigenvalue weighted by Crippen LogP contribution is -2.03. The maximum absolute atomic E-state index is 3.55. The zero-order chi connectivity index (χ0) is 13.8. The Morgan fingerprint density at radius 2 is 1.63 bits per heavy atom. The normalized spacial score (nSPS) is 10.3. The highest BCUT2D eigenvalue weighted by Gasteiger charge is 2.03. The Morgan fingerprint density at radius 1 is 0.947 bits per heavy atom. The van der Waals surface area contributed by atoms with Gasteiger partial charge >= 0.3 is 0 Å². The molecule has 0 fully saturated rings. The van der Waals surface area contributed by atoms with Crippen LogP contribution in [0.4, 0.5) is 11.4 Å². The average molecular weight is 254 g/mol. The molecule has 0 saturated carbocycles. The molecule has 0 aromatic heterocycles. The molecule has 0 bridgehead atoms. The Hall–Kier alpha value is -1.96. The van der Waals surface area contributed by atoms with Gasteiger partial charge in [0.25, 0.3) is 0 Å². The molecule has 0 unspecified atom stereocenters. The Balaban J connectivity index is 2.14. The third kappa shape index (κ3) is 3.28. The van der Waals surface area contributed by atoms with E-state index in [0.717, 1.165) is 12.2 Å². The van der Waals surface area contributed by atoms with E-state index in [1.165, 1.54) is 27.9 Å². The highest BCUT2D eigenvalue weighted by Crippen LogP contribution is 2.22. The van der Waals surface area contributed by atoms with Crippen molar-refractivity contribution in [2.75, 3.05) is 17.7 Å². The molecule has 0 aliphatic carbocycles. The van der Waals surface area contributed by atoms with E-state index in [-0.39, 0.29) is 0 Å². The highest BCUT2D eigenvalue weighted by molar-refractivity contribution is 5.58. The standard InChI is InChI=1S/C17H22N2/c1-12-8-13(2)17(14(3)9-12)19-11-15-6-5-7-16(10-15)18-4/h5-10,18-19H,11H2,1-4H3. The summed E-state index contributed by atoms with van der Waals surface area (Å²) in [5, 5.41) is 6.72. The van der Waals surface area contributed by atoms with Gasteiger partial charge in [0.2, 0.25) is 0 Å². The van der Waals surface area contributed by atoms with E-state index in [0.29, 0.717) is 0 Å². The molecule has 0 amide bonds. The number of nitrogens with one attached hydrogen (secondary N) is 2. The van der Waals surface area contributed by atoms with Crippen LogP contribution in [0.25, 0.3) is 0 Å². The van der Waals surface area contributed by atoms with Gasteiger partial charge in [0.05, 0.1) is 0 Å². The second-order valence-electron chi connectivity index (χ2n) is 5.08. The third-order valence-corrected chi connectivity index (χ3v) is 3.36. The maximum atomic E-state index is 3.55. The van der Waals surface area contributed by atoms with Gasteiger partial charge in [-0.2, -0.15) is 0 Å². The quantitative estimate of drug-likeness (QED) is 0.851. The lowest BCUT2D eigenvalue weighted by atomic mass is 10.0. The number of aryl methyl sites for hydroxylation is 3. The van der Waals surface area contributed by atoms with Crippen molar-refractivity contribution < 1.29 is 0 Å². The summed E-state index contributed by atoms with van der Waals surface area (Å²) in [4.78, 5) is 0. The van der Waals surface area contributed by atoms with Gasteiger partial charge in [-0.25, -0.2) is 0 Å². The van der Waals surface area contributed by atoms with E-state index < -0.39 is 0 Å². The largest absolute Gasteiger partial charge is 0.388 e. The van der Waals surface area contributed by atoms with Crippen LogP contribution in [0.5, 0.6) is 0 Å². The van der Waals surface area contributed by atoms with E-state index in [1.54, 1.807) is 0 Å².